The first-order valence-electron chi connectivity index (χ1n) is 7.01. The first-order valence-corrected chi connectivity index (χ1v) is 7.01. The number of benzene rings is 2. The fourth-order valence-corrected chi connectivity index (χ4v) is 2.26. The van der Waals surface area contributed by atoms with E-state index in [4.69, 9.17) is 9.47 Å². The van der Waals surface area contributed by atoms with Crippen molar-refractivity contribution in [3.8, 4) is 11.5 Å². The molecule has 1 N–H and O–H groups in total. The topological polar surface area (TPSA) is 78.3 Å². The number of nitrogens with one attached hydrogen (secondary N) is 1. The lowest BCUT2D eigenvalue weighted by molar-refractivity contribution is -0.116. The van der Waals surface area contributed by atoms with Crippen molar-refractivity contribution in [2.75, 3.05) is 19.5 Å². The van der Waals surface area contributed by atoms with E-state index in [2.05, 4.69) is 15.6 Å². The molecule has 7 heteroatoms. The highest BCUT2D eigenvalue weighted by molar-refractivity contribution is 5.93. The number of fused-ring (bicyclic) bond motifs is 1. The number of ether oxygens (including phenoxy) is 2. The van der Waals surface area contributed by atoms with Crippen LogP contribution in [-0.2, 0) is 11.3 Å². The Morgan fingerprint density at radius 3 is 2.78 bits per heavy atom. The molecule has 0 saturated carbocycles. The molecule has 1 aromatic heterocycles. The van der Waals surface area contributed by atoms with Gasteiger partial charge in [-0.25, -0.2) is 4.68 Å². The number of carbonyl (C=O) groups excluding carboxylic acids is 1. The van der Waals surface area contributed by atoms with Crippen LogP contribution in [0.2, 0.25) is 0 Å². The Labute approximate surface area is 132 Å². The smallest absolute Gasteiger partial charge is 0.246 e. The van der Waals surface area contributed by atoms with Crippen LogP contribution in [0.1, 0.15) is 0 Å². The molecule has 23 heavy (non-hydrogen) atoms. The van der Waals surface area contributed by atoms with E-state index < -0.39 is 0 Å². The zero-order chi connectivity index (χ0) is 16.2. The Balaban J connectivity index is 1.77. The van der Waals surface area contributed by atoms with Gasteiger partial charge >= 0.3 is 0 Å². The summed E-state index contributed by atoms with van der Waals surface area (Å²) in [7, 11) is 3.11. The minimum atomic E-state index is -0.218. The van der Waals surface area contributed by atoms with Crippen LogP contribution >= 0.6 is 0 Å². The predicted molar refractivity (Wildman–Crippen MR) is 85.7 cm³/mol. The van der Waals surface area contributed by atoms with Crippen LogP contribution in [0.5, 0.6) is 11.5 Å². The maximum Gasteiger partial charge on any atom is 0.246 e. The lowest BCUT2D eigenvalue weighted by Gasteiger charge is -2.11. The standard InChI is InChI=1S/C16H16N4O3/c1-22-11-7-8-13(15(9-11)23-2)17-16(21)10-20-14-6-4-3-5-12(14)18-19-20/h3-9H,10H2,1-2H3,(H,17,21). The second-order valence-electron chi connectivity index (χ2n) is 4.85. The third-order valence-electron chi connectivity index (χ3n) is 3.40. The Morgan fingerprint density at radius 1 is 1.17 bits per heavy atom. The molecule has 0 aliphatic heterocycles. The number of nitrogens with zero attached hydrogens (tertiary/aromatic N) is 3. The molecule has 0 fully saturated rings. The van der Waals surface area contributed by atoms with Gasteiger partial charge in [0.1, 0.15) is 23.6 Å². The molecule has 3 aromatic rings. The van der Waals surface area contributed by atoms with Crippen LogP contribution in [0, 0.1) is 0 Å². The highest BCUT2D eigenvalue weighted by atomic mass is 16.5. The van der Waals surface area contributed by atoms with Crippen molar-refractivity contribution in [1.29, 1.82) is 0 Å². The summed E-state index contributed by atoms with van der Waals surface area (Å²) in [6.45, 7) is 0.0652. The summed E-state index contributed by atoms with van der Waals surface area (Å²) in [5.41, 5.74) is 2.13. The molecule has 0 unspecified atom stereocenters. The van der Waals surface area contributed by atoms with Gasteiger partial charge in [-0.2, -0.15) is 0 Å². The van der Waals surface area contributed by atoms with Crippen molar-refractivity contribution >= 4 is 22.6 Å². The summed E-state index contributed by atoms with van der Waals surface area (Å²) in [5, 5.41) is 10.8. The van der Waals surface area contributed by atoms with Gasteiger partial charge in [0.2, 0.25) is 5.91 Å². The molecule has 118 valence electrons. The molecule has 0 bridgehead atoms. The molecule has 0 spiro atoms. The summed E-state index contributed by atoms with van der Waals surface area (Å²) in [4.78, 5) is 12.3. The van der Waals surface area contributed by atoms with Gasteiger partial charge in [0, 0.05) is 6.07 Å². The van der Waals surface area contributed by atoms with Crippen LogP contribution < -0.4 is 14.8 Å². The summed E-state index contributed by atoms with van der Waals surface area (Å²) in [6.07, 6.45) is 0. The fraction of sp³-hybridized carbons (Fsp3) is 0.188. The van der Waals surface area contributed by atoms with Gasteiger partial charge in [-0.15, -0.1) is 5.10 Å². The maximum absolute atomic E-state index is 12.3. The van der Waals surface area contributed by atoms with Crippen molar-refractivity contribution in [3.63, 3.8) is 0 Å². The van der Waals surface area contributed by atoms with Crippen LogP contribution in [0.4, 0.5) is 5.69 Å². The molecular weight excluding hydrogens is 296 g/mol. The summed E-state index contributed by atoms with van der Waals surface area (Å²) >= 11 is 0. The highest BCUT2D eigenvalue weighted by Gasteiger charge is 2.12. The Bertz CT molecular complexity index is 844. The third kappa shape index (κ3) is 3.08. The normalized spacial score (nSPS) is 10.5. The number of para-hydroxylation sites is 1. The van der Waals surface area contributed by atoms with Gasteiger partial charge in [0.05, 0.1) is 25.4 Å². The van der Waals surface area contributed by atoms with E-state index in [9.17, 15) is 4.79 Å². The Morgan fingerprint density at radius 2 is 2.00 bits per heavy atom. The summed E-state index contributed by atoms with van der Waals surface area (Å²) in [5.74, 6) is 0.965. The monoisotopic (exact) mass is 312 g/mol. The molecule has 0 aliphatic carbocycles. The number of aromatic nitrogens is 3. The number of methoxy groups -OCH3 is 2. The van der Waals surface area contributed by atoms with Crippen LogP contribution in [0.15, 0.2) is 42.5 Å². The predicted octanol–water partition coefficient (Wildman–Crippen LogP) is 2.09. The highest BCUT2D eigenvalue weighted by Crippen LogP contribution is 2.29. The van der Waals surface area contributed by atoms with E-state index >= 15 is 0 Å². The van der Waals surface area contributed by atoms with Gasteiger partial charge in [0.25, 0.3) is 0 Å². The van der Waals surface area contributed by atoms with Gasteiger partial charge < -0.3 is 14.8 Å². The summed E-state index contributed by atoms with van der Waals surface area (Å²) < 4.78 is 12.0. The molecular formula is C16H16N4O3. The first kappa shape index (κ1) is 14.8. The number of carbonyl (C=O) groups is 1. The molecule has 0 radical (unpaired) electrons. The minimum absolute atomic E-state index is 0.0652. The van der Waals surface area contributed by atoms with E-state index in [1.54, 1.807) is 30.0 Å². The van der Waals surface area contributed by atoms with E-state index in [0.29, 0.717) is 17.2 Å². The fourth-order valence-electron chi connectivity index (χ4n) is 2.26. The SMILES string of the molecule is COc1ccc(NC(=O)Cn2nnc3ccccc32)c(OC)c1. The average Bonchev–Trinajstić information content (AvgIpc) is 2.98. The second kappa shape index (κ2) is 6.35. The number of anilines is 1. The number of hydrogen-bond acceptors (Lipinski definition) is 5. The Hall–Kier alpha value is -3.09. The molecule has 0 aliphatic rings. The Kier molecular flexibility index (Phi) is 4.09. The van der Waals surface area contributed by atoms with E-state index in [1.807, 2.05) is 24.3 Å². The van der Waals surface area contributed by atoms with Gasteiger partial charge in [-0.1, -0.05) is 17.3 Å². The molecule has 1 amide bonds. The van der Waals surface area contributed by atoms with Gasteiger partial charge in [-0.05, 0) is 24.3 Å². The lowest BCUT2D eigenvalue weighted by atomic mass is 10.2. The number of amides is 1. The quantitative estimate of drug-likeness (QED) is 0.780. The van der Waals surface area contributed by atoms with E-state index in [-0.39, 0.29) is 12.5 Å². The van der Waals surface area contributed by atoms with Gasteiger partial charge in [-0.3, -0.25) is 4.79 Å². The van der Waals surface area contributed by atoms with Crippen LogP contribution in [0.3, 0.4) is 0 Å². The maximum atomic E-state index is 12.3. The second-order valence-corrected chi connectivity index (χ2v) is 4.85. The third-order valence-corrected chi connectivity index (χ3v) is 3.40. The van der Waals surface area contributed by atoms with Gasteiger partial charge in [0.15, 0.2) is 0 Å². The molecule has 1 heterocycles. The van der Waals surface area contributed by atoms with Crippen LogP contribution in [0.25, 0.3) is 11.0 Å². The lowest BCUT2D eigenvalue weighted by Crippen LogP contribution is -2.20. The zero-order valence-corrected chi connectivity index (χ0v) is 12.8. The van der Waals surface area contributed by atoms with Crippen molar-refractivity contribution in [2.45, 2.75) is 6.54 Å². The number of rotatable bonds is 5. The van der Waals surface area contributed by atoms with E-state index in [0.717, 1.165) is 11.0 Å². The molecule has 0 saturated heterocycles. The van der Waals surface area contributed by atoms with Crippen molar-refractivity contribution in [2.24, 2.45) is 0 Å². The zero-order valence-electron chi connectivity index (χ0n) is 12.8. The van der Waals surface area contributed by atoms with E-state index in [1.165, 1.54) is 7.11 Å². The first-order chi connectivity index (χ1) is 11.2. The molecule has 7 nitrogen and oxygen atoms in total. The summed E-state index contributed by atoms with van der Waals surface area (Å²) in [6, 6.07) is 12.7. The largest absolute Gasteiger partial charge is 0.497 e. The van der Waals surface area contributed by atoms with Crippen molar-refractivity contribution in [1.82, 2.24) is 15.0 Å². The molecule has 0 atom stereocenters. The average molecular weight is 312 g/mol. The number of hydrogen-bond donors (Lipinski definition) is 1. The molecule has 2 aromatic carbocycles. The van der Waals surface area contributed by atoms with Crippen molar-refractivity contribution in [3.05, 3.63) is 42.5 Å². The molecule has 3 rings (SSSR count). The van der Waals surface area contributed by atoms with Crippen molar-refractivity contribution < 1.29 is 14.3 Å². The minimum Gasteiger partial charge on any atom is -0.497 e. The van der Waals surface area contributed by atoms with Crippen LogP contribution in [-0.4, -0.2) is 35.1 Å².